The average Bonchev–Trinajstić information content (AvgIpc) is 2.93. The largest absolute Gasteiger partial charge is 0.372 e. The second kappa shape index (κ2) is 6.40. The van der Waals surface area contributed by atoms with Crippen LogP contribution in [0.2, 0.25) is 0 Å². The molecule has 0 saturated carbocycles. The molecule has 0 N–H and O–H groups in total. The van der Waals surface area contributed by atoms with Gasteiger partial charge in [-0.05, 0) is 44.0 Å². The summed E-state index contributed by atoms with van der Waals surface area (Å²) in [5.74, 6) is 0.192. The third-order valence-electron chi connectivity index (χ3n) is 3.58. The number of nitrogens with zero attached hydrogens (tertiary/aromatic N) is 5. The van der Waals surface area contributed by atoms with E-state index in [4.69, 9.17) is 5.26 Å². The average molecular weight is 283 g/mol. The van der Waals surface area contributed by atoms with Crippen LogP contribution in [-0.2, 0) is 0 Å². The summed E-state index contributed by atoms with van der Waals surface area (Å²) >= 11 is 0. The molecule has 0 bridgehead atoms. The van der Waals surface area contributed by atoms with E-state index >= 15 is 0 Å². The van der Waals surface area contributed by atoms with Gasteiger partial charge in [0.2, 0.25) is 0 Å². The zero-order chi connectivity index (χ0) is 15.4. The molecule has 5 nitrogen and oxygen atoms in total. The lowest BCUT2D eigenvalue weighted by Crippen LogP contribution is -2.21. The fourth-order valence-corrected chi connectivity index (χ4v) is 2.47. The molecular formula is C16H21N5. The topological polar surface area (TPSA) is 57.7 Å². The third-order valence-corrected chi connectivity index (χ3v) is 3.58. The number of nitriles is 1. The number of hydrogen-bond donors (Lipinski definition) is 0. The molecule has 0 aliphatic carbocycles. The van der Waals surface area contributed by atoms with E-state index in [1.54, 1.807) is 4.68 Å². The van der Waals surface area contributed by atoms with Crippen molar-refractivity contribution < 1.29 is 0 Å². The van der Waals surface area contributed by atoms with Crippen LogP contribution in [0.5, 0.6) is 0 Å². The molecule has 0 atom stereocenters. The van der Waals surface area contributed by atoms with Crippen LogP contribution >= 0.6 is 0 Å². The van der Waals surface area contributed by atoms with Gasteiger partial charge in [0.25, 0.3) is 0 Å². The van der Waals surface area contributed by atoms with Crippen molar-refractivity contribution in [1.29, 1.82) is 5.26 Å². The van der Waals surface area contributed by atoms with Crippen molar-refractivity contribution in [3.63, 3.8) is 0 Å². The Kier molecular flexibility index (Phi) is 4.59. The van der Waals surface area contributed by atoms with Gasteiger partial charge in [-0.3, -0.25) is 0 Å². The molecule has 0 amide bonds. The first-order valence-electron chi connectivity index (χ1n) is 7.33. The Bertz CT molecular complexity index is 630. The van der Waals surface area contributed by atoms with Gasteiger partial charge in [0.15, 0.2) is 5.69 Å². The minimum absolute atomic E-state index is 0.192. The normalized spacial score (nSPS) is 10.7. The van der Waals surface area contributed by atoms with Crippen molar-refractivity contribution in [3.8, 4) is 11.8 Å². The third kappa shape index (κ3) is 2.89. The lowest BCUT2D eigenvalue weighted by Gasteiger charge is -2.21. The van der Waals surface area contributed by atoms with E-state index in [9.17, 15) is 0 Å². The summed E-state index contributed by atoms with van der Waals surface area (Å²) in [6.07, 6.45) is 0. The Morgan fingerprint density at radius 2 is 1.81 bits per heavy atom. The predicted octanol–water partition coefficient (Wildman–Crippen LogP) is 3.11. The Morgan fingerprint density at radius 3 is 2.29 bits per heavy atom. The van der Waals surface area contributed by atoms with Gasteiger partial charge >= 0.3 is 0 Å². The lowest BCUT2D eigenvalue weighted by atomic mass is 10.1. The SMILES string of the molecule is CCN(CC)c1ccc(-n2nnc(C#N)c2C(C)C)cc1. The van der Waals surface area contributed by atoms with Crippen molar-refractivity contribution in [2.24, 2.45) is 0 Å². The van der Waals surface area contributed by atoms with E-state index in [-0.39, 0.29) is 5.92 Å². The molecular weight excluding hydrogens is 262 g/mol. The van der Waals surface area contributed by atoms with Gasteiger partial charge < -0.3 is 4.90 Å². The molecule has 2 rings (SSSR count). The molecule has 0 radical (unpaired) electrons. The van der Waals surface area contributed by atoms with Crippen LogP contribution in [0.1, 0.15) is 45.0 Å². The van der Waals surface area contributed by atoms with Gasteiger partial charge in [0.05, 0.1) is 11.4 Å². The van der Waals surface area contributed by atoms with Crippen LogP contribution in [0.3, 0.4) is 0 Å². The molecule has 5 heteroatoms. The van der Waals surface area contributed by atoms with E-state index in [1.807, 2.05) is 26.0 Å². The van der Waals surface area contributed by atoms with E-state index in [1.165, 1.54) is 5.69 Å². The van der Waals surface area contributed by atoms with Gasteiger partial charge in [-0.25, -0.2) is 4.68 Å². The molecule has 0 fully saturated rings. The highest BCUT2D eigenvalue weighted by Crippen LogP contribution is 2.23. The Labute approximate surface area is 125 Å². The second-order valence-electron chi connectivity index (χ2n) is 5.19. The standard InChI is InChI=1S/C16H21N5/c1-5-20(6-2)13-7-9-14(10-8-13)21-16(12(3)4)15(11-17)18-19-21/h7-10,12H,5-6H2,1-4H3. The minimum Gasteiger partial charge on any atom is -0.372 e. The fourth-order valence-electron chi connectivity index (χ4n) is 2.47. The summed E-state index contributed by atoms with van der Waals surface area (Å²) in [6.45, 7) is 10.3. The molecule has 1 heterocycles. The van der Waals surface area contributed by atoms with Gasteiger partial charge in [-0.2, -0.15) is 5.26 Å². The molecule has 0 unspecified atom stereocenters. The number of aromatic nitrogens is 3. The molecule has 0 aliphatic rings. The summed E-state index contributed by atoms with van der Waals surface area (Å²) in [4.78, 5) is 2.29. The maximum Gasteiger partial charge on any atom is 0.186 e. The van der Waals surface area contributed by atoms with Crippen molar-refractivity contribution in [2.45, 2.75) is 33.6 Å². The first-order chi connectivity index (χ1) is 10.1. The number of anilines is 1. The lowest BCUT2D eigenvalue weighted by molar-refractivity contribution is 0.715. The first kappa shape index (κ1) is 15.0. The zero-order valence-electron chi connectivity index (χ0n) is 13.0. The number of rotatable bonds is 5. The summed E-state index contributed by atoms with van der Waals surface area (Å²) < 4.78 is 1.76. The molecule has 1 aromatic carbocycles. The van der Waals surface area contributed by atoms with Crippen molar-refractivity contribution in [3.05, 3.63) is 35.7 Å². The maximum absolute atomic E-state index is 9.14. The smallest absolute Gasteiger partial charge is 0.186 e. The van der Waals surface area contributed by atoms with Gasteiger partial charge in [0.1, 0.15) is 6.07 Å². The molecule has 0 saturated heterocycles. The molecule has 110 valence electrons. The van der Waals surface area contributed by atoms with E-state index < -0.39 is 0 Å². The zero-order valence-corrected chi connectivity index (χ0v) is 13.0. The second-order valence-corrected chi connectivity index (χ2v) is 5.19. The molecule has 0 spiro atoms. The monoisotopic (exact) mass is 283 g/mol. The summed E-state index contributed by atoms with van der Waals surface area (Å²) in [6, 6.07) is 10.3. The summed E-state index contributed by atoms with van der Waals surface area (Å²) in [5.41, 5.74) is 3.38. The van der Waals surface area contributed by atoms with Crippen LogP contribution in [-0.4, -0.2) is 28.1 Å². The van der Waals surface area contributed by atoms with E-state index in [0.29, 0.717) is 5.69 Å². The minimum atomic E-state index is 0.192. The van der Waals surface area contributed by atoms with Crippen LogP contribution < -0.4 is 4.90 Å². The number of hydrogen-bond acceptors (Lipinski definition) is 4. The van der Waals surface area contributed by atoms with Crippen molar-refractivity contribution >= 4 is 5.69 Å². The predicted molar refractivity (Wildman–Crippen MR) is 83.7 cm³/mol. The van der Waals surface area contributed by atoms with Gasteiger partial charge in [-0.1, -0.05) is 19.1 Å². The molecule has 1 aromatic heterocycles. The van der Waals surface area contributed by atoms with Crippen molar-refractivity contribution in [1.82, 2.24) is 15.0 Å². The summed E-state index contributed by atoms with van der Waals surface area (Å²) in [7, 11) is 0. The van der Waals surface area contributed by atoms with E-state index in [2.05, 4.69) is 47.3 Å². The molecule has 0 aliphatic heterocycles. The Hall–Kier alpha value is -2.35. The Balaban J connectivity index is 2.40. The van der Waals surface area contributed by atoms with E-state index in [0.717, 1.165) is 24.5 Å². The quantitative estimate of drug-likeness (QED) is 0.846. The number of benzene rings is 1. The summed E-state index contributed by atoms with van der Waals surface area (Å²) in [5, 5.41) is 17.2. The Morgan fingerprint density at radius 1 is 1.19 bits per heavy atom. The van der Waals surface area contributed by atoms with Crippen LogP contribution in [0.4, 0.5) is 5.69 Å². The highest BCUT2D eigenvalue weighted by Gasteiger charge is 2.17. The molecule has 21 heavy (non-hydrogen) atoms. The van der Waals surface area contributed by atoms with Crippen LogP contribution in [0, 0.1) is 11.3 Å². The van der Waals surface area contributed by atoms with Gasteiger partial charge in [0, 0.05) is 18.8 Å². The van der Waals surface area contributed by atoms with Gasteiger partial charge in [-0.15, -0.1) is 5.10 Å². The fraction of sp³-hybridized carbons (Fsp3) is 0.438. The highest BCUT2D eigenvalue weighted by molar-refractivity contribution is 5.51. The van der Waals surface area contributed by atoms with Crippen molar-refractivity contribution in [2.75, 3.05) is 18.0 Å². The maximum atomic E-state index is 9.14. The first-order valence-corrected chi connectivity index (χ1v) is 7.33. The van der Waals surface area contributed by atoms with Crippen LogP contribution in [0.15, 0.2) is 24.3 Å². The molecule has 2 aromatic rings. The highest BCUT2D eigenvalue weighted by atomic mass is 15.4. The van der Waals surface area contributed by atoms with Crippen LogP contribution in [0.25, 0.3) is 5.69 Å².